The van der Waals surface area contributed by atoms with E-state index in [9.17, 15) is 4.79 Å². The van der Waals surface area contributed by atoms with Crippen LogP contribution in [0.1, 0.15) is 24.0 Å². The van der Waals surface area contributed by atoms with Crippen LogP contribution in [0.2, 0.25) is 5.02 Å². The Morgan fingerprint density at radius 2 is 1.96 bits per heavy atom. The molecular formula is C18H19ClN2O2. The number of nitrogens with one attached hydrogen (secondary N) is 1. The van der Waals surface area contributed by atoms with Crippen LogP contribution < -0.4 is 10.2 Å². The molecule has 2 aromatic rings. The first-order chi connectivity index (χ1) is 11.2. The maximum absolute atomic E-state index is 11.7. The van der Waals surface area contributed by atoms with E-state index in [2.05, 4.69) is 10.5 Å². The number of nitrogens with zero attached hydrogens (tertiary/aromatic N) is 1. The van der Waals surface area contributed by atoms with Crippen LogP contribution in [0, 0.1) is 0 Å². The van der Waals surface area contributed by atoms with Gasteiger partial charge in [-0.2, -0.15) is 5.10 Å². The number of benzene rings is 2. The zero-order valence-corrected chi connectivity index (χ0v) is 13.7. The van der Waals surface area contributed by atoms with E-state index in [-0.39, 0.29) is 5.91 Å². The van der Waals surface area contributed by atoms with Gasteiger partial charge in [0.2, 0.25) is 5.91 Å². The number of hydrogen-bond donors (Lipinski definition) is 1. The standard InChI is InChI=1S/C18H19ClN2O2/c1-23-16-11-9-14(10-12-16)5-4-8-18(22)21-20-13-15-6-2-3-7-17(15)19/h2-3,6-7,9-13H,4-5,8H2,1H3,(H,21,22)/b20-13+. The van der Waals surface area contributed by atoms with Gasteiger partial charge in [-0.15, -0.1) is 0 Å². The molecule has 1 N–H and O–H groups in total. The van der Waals surface area contributed by atoms with Gasteiger partial charge < -0.3 is 4.74 Å². The fourth-order valence-electron chi connectivity index (χ4n) is 2.05. The molecule has 0 aromatic heterocycles. The van der Waals surface area contributed by atoms with Crippen molar-refractivity contribution in [2.45, 2.75) is 19.3 Å². The molecule has 0 aliphatic carbocycles. The number of hydrazone groups is 1. The lowest BCUT2D eigenvalue weighted by Crippen LogP contribution is -2.17. The summed E-state index contributed by atoms with van der Waals surface area (Å²) >= 11 is 6.00. The van der Waals surface area contributed by atoms with Crippen LogP contribution in [0.3, 0.4) is 0 Å². The highest BCUT2D eigenvalue weighted by Gasteiger charge is 2.01. The van der Waals surface area contributed by atoms with Crippen LogP contribution in [0.15, 0.2) is 53.6 Å². The summed E-state index contributed by atoms with van der Waals surface area (Å²) in [7, 11) is 1.64. The maximum Gasteiger partial charge on any atom is 0.240 e. The van der Waals surface area contributed by atoms with Gasteiger partial charge >= 0.3 is 0 Å². The molecule has 0 bridgehead atoms. The normalized spacial score (nSPS) is 10.7. The van der Waals surface area contributed by atoms with Crippen molar-refractivity contribution in [3.63, 3.8) is 0 Å². The molecule has 23 heavy (non-hydrogen) atoms. The van der Waals surface area contributed by atoms with Crippen LogP contribution in [-0.4, -0.2) is 19.2 Å². The Labute approximate surface area is 141 Å². The molecule has 0 fully saturated rings. The highest BCUT2D eigenvalue weighted by molar-refractivity contribution is 6.33. The molecule has 0 aliphatic heterocycles. The third kappa shape index (κ3) is 5.75. The first-order valence-corrected chi connectivity index (χ1v) is 7.76. The average molecular weight is 331 g/mol. The van der Waals surface area contributed by atoms with Crippen LogP contribution in [-0.2, 0) is 11.2 Å². The number of rotatable bonds is 7. The van der Waals surface area contributed by atoms with Crippen molar-refractivity contribution >= 4 is 23.7 Å². The molecule has 4 nitrogen and oxygen atoms in total. The van der Waals surface area contributed by atoms with Crippen molar-refractivity contribution in [2.75, 3.05) is 7.11 Å². The van der Waals surface area contributed by atoms with Crippen molar-refractivity contribution in [3.8, 4) is 5.75 Å². The summed E-state index contributed by atoms with van der Waals surface area (Å²) in [6.07, 6.45) is 3.57. The summed E-state index contributed by atoms with van der Waals surface area (Å²) in [5, 5.41) is 4.53. The molecule has 0 radical (unpaired) electrons. The number of ether oxygens (including phenoxy) is 1. The lowest BCUT2D eigenvalue weighted by Gasteiger charge is -2.03. The quantitative estimate of drug-likeness (QED) is 0.619. The van der Waals surface area contributed by atoms with E-state index in [1.165, 1.54) is 5.56 Å². The second-order valence-corrected chi connectivity index (χ2v) is 5.42. The number of amides is 1. The van der Waals surface area contributed by atoms with Crippen LogP contribution in [0.5, 0.6) is 5.75 Å². The predicted octanol–water partition coefficient (Wildman–Crippen LogP) is 3.82. The summed E-state index contributed by atoms with van der Waals surface area (Å²) in [5.74, 6) is 0.724. The number of aryl methyl sites for hydroxylation is 1. The van der Waals surface area contributed by atoms with Gasteiger partial charge in [0, 0.05) is 17.0 Å². The van der Waals surface area contributed by atoms with Gasteiger partial charge in [-0.05, 0) is 36.6 Å². The Kier molecular flexibility index (Phi) is 6.63. The molecule has 0 saturated carbocycles. The molecule has 5 heteroatoms. The summed E-state index contributed by atoms with van der Waals surface area (Å²) < 4.78 is 5.11. The van der Waals surface area contributed by atoms with Crippen molar-refractivity contribution in [1.82, 2.24) is 5.43 Å². The highest BCUT2D eigenvalue weighted by Crippen LogP contribution is 2.13. The summed E-state index contributed by atoms with van der Waals surface area (Å²) in [6, 6.07) is 15.2. The SMILES string of the molecule is COc1ccc(CCCC(=O)N/N=C/c2ccccc2Cl)cc1. The first-order valence-electron chi connectivity index (χ1n) is 7.38. The van der Waals surface area contributed by atoms with E-state index in [0.717, 1.165) is 24.2 Å². The van der Waals surface area contributed by atoms with Crippen molar-refractivity contribution < 1.29 is 9.53 Å². The minimum Gasteiger partial charge on any atom is -0.497 e. The molecule has 120 valence electrons. The van der Waals surface area contributed by atoms with E-state index < -0.39 is 0 Å². The van der Waals surface area contributed by atoms with Gasteiger partial charge in [-0.3, -0.25) is 4.79 Å². The fourth-order valence-corrected chi connectivity index (χ4v) is 2.24. The van der Waals surface area contributed by atoms with Crippen LogP contribution >= 0.6 is 11.6 Å². The van der Waals surface area contributed by atoms with Gasteiger partial charge in [0.25, 0.3) is 0 Å². The molecule has 2 rings (SSSR count). The fraction of sp³-hybridized carbons (Fsp3) is 0.222. The van der Waals surface area contributed by atoms with E-state index >= 15 is 0 Å². The van der Waals surface area contributed by atoms with Crippen molar-refractivity contribution in [2.24, 2.45) is 5.10 Å². The molecule has 0 spiro atoms. The molecule has 2 aromatic carbocycles. The number of carbonyl (C=O) groups excluding carboxylic acids is 1. The Bertz CT molecular complexity index is 669. The largest absolute Gasteiger partial charge is 0.497 e. The van der Waals surface area contributed by atoms with E-state index in [1.54, 1.807) is 19.4 Å². The van der Waals surface area contributed by atoms with Crippen LogP contribution in [0.4, 0.5) is 0 Å². The Morgan fingerprint density at radius 3 is 2.65 bits per heavy atom. The van der Waals surface area contributed by atoms with Gasteiger partial charge in [-0.1, -0.05) is 41.9 Å². The van der Waals surface area contributed by atoms with Crippen LogP contribution in [0.25, 0.3) is 0 Å². The lowest BCUT2D eigenvalue weighted by atomic mass is 10.1. The summed E-state index contributed by atoms with van der Waals surface area (Å²) in [4.78, 5) is 11.7. The Balaban J connectivity index is 1.71. The smallest absolute Gasteiger partial charge is 0.240 e. The molecule has 1 amide bonds. The average Bonchev–Trinajstić information content (AvgIpc) is 2.57. The number of hydrogen-bond acceptors (Lipinski definition) is 3. The van der Waals surface area contributed by atoms with Gasteiger partial charge in [0.05, 0.1) is 13.3 Å². The topological polar surface area (TPSA) is 50.7 Å². The second kappa shape index (κ2) is 8.96. The highest BCUT2D eigenvalue weighted by atomic mass is 35.5. The van der Waals surface area contributed by atoms with Gasteiger partial charge in [-0.25, -0.2) is 5.43 Å². The molecular weight excluding hydrogens is 312 g/mol. The van der Waals surface area contributed by atoms with Crippen molar-refractivity contribution in [3.05, 3.63) is 64.7 Å². The Morgan fingerprint density at radius 1 is 1.22 bits per heavy atom. The molecule has 0 saturated heterocycles. The minimum absolute atomic E-state index is 0.109. The monoisotopic (exact) mass is 330 g/mol. The third-order valence-electron chi connectivity index (χ3n) is 3.33. The molecule has 0 unspecified atom stereocenters. The maximum atomic E-state index is 11.7. The molecule has 0 aliphatic rings. The minimum atomic E-state index is -0.109. The Hall–Kier alpha value is -2.33. The zero-order chi connectivity index (χ0) is 16.5. The van der Waals surface area contributed by atoms with Gasteiger partial charge in [0.15, 0.2) is 0 Å². The number of halogens is 1. The van der Waals surface area contributed by atoms with Gasteiger partial charge in [0.1, 0.15) is 5.75 Å². The number of carbonyl (C=O) groups is 1. The second-order valence-electron chi connectivity index (χ2n) is 5.02. The zero-order valence-electron chi connectivity index (χ0n) is 13.0. The summed E-state index contributed by atoms with van der Waals surface area (Å²) in [5.41, 5.74) is 4.46. The third-order valence-corrected chi connectivity index (χ3v) is 3.67. The van der Waals surface area contributed by atoms with E-state index in [1.807, 2.05) is 42.5 Å². The lowest BCUT2D eigenvalue weighted by molar-refractivity contribution is -0.121. The van der Waals surface area contributed by atoms with Crippen molar-refractivity contribution in [1.29, 1.82) is 0 Å². The number of methoxy groups -OCH3 is 1. The summed E-state index contributed by atoms with van der Waals surface area (Å²) in [6.45, 7) is 0. The first kappa shape index (κ1) is 17.0. The molecule has 0 atom stereocenters. The van der Waals surface area contributed by atoms with E-state index in [4.69, 9.17) is 16.3 Å². The van der Waals surface area contributed by atoms with E-state index in [0.29, 0.717) is 11.4 Å². The predicted molar refractivity (Wildman–Crippen MR) is 93.1 cm³/mol. The molecule has 0 heterocycles.